The van der Waals surface area contributed by atoms with Crippen molar-refractivity contribution in [2.45, 2.75) is 24.2 Å². The maximum atomic E-state index is 13.2. The van der Waals surface area contributed by atoms with Crippen LogP contribution in [0.15, 0.2) is 45.8 Å². The molecule has 7 nitrogen and oxygen atoms in total. The summed E-state index contributed by atoms with van der Waals surface area (Å²) in [6.07, 6.45) is 2.49. The summed E-state index contributed by atoms with van der Waals surface area (Å²) in [7, 11) is -3.81. The van der Waals surface area contributed by atoms with Gasteiger partial charge >= 0.3 is 5.69 Å². The number of hydrogen-bond donors (Lipinski definition) is 0. The van der Waals surface area contributed by atoms with Gasteiger partial charge in [0, 0.05) is 19.2 Å². The first-order valence-corrected chi connectivity index (χ1v) is 10.4. The predicted molar refractivity (Wildman–Crippen MR) is 99.9 cm³/mol. The largest absolute Gasteiger partial charge is 0.449 e. The molecule has 10 heteroatoms. The van der Waals surface area contributed by atoms with E-state index in [1.807, 2.05) is 0 Å². The maximum Gasteiger partial charge on any atom is 0.312 e. The van der Waals surface area contributed by atoms with Gasteiger partial charge in [0.25, 0.3) is 0 Å². The lowest BCUT2D eigenvalue weighted by molar-refractivity contribution is -0.385. The predicted octanol–water partition coefficient (Wildman–Crippen LogP) is 4.46. The Morgan fingerprint density at radius 2 is 1.74 bits per heavy atom. The number of nitro benzene ring substituents is 1. The number of nitrogens with zero attached hydrogens (tertiary/aromatic N) is 2. The number of halogens is 2. The lowest BCUT2D eigenvalue weighted by Crippen LogP contribution is -2.35. The molecular weight excluding hydrogens is 443 g/mol. The van der Waals surface area contributed by atoms with E-state index < -0.39 is 26.5 Å². The standard InChI is InChI=1S/C17H16BrFN2O5S/c18-14-10-12(19)4-6-16(14)26-17-7-5-13(11-15(17)21(22)23)27(24,25)20-8-2-1-3-9-20/h4-7,10-11H,1-3,8-9H2. The first kappa shape index (κ1) is 19.7. The third-order valence-electron chi connectivity index (χ3n) is 4.19. The Labute approximate surface area is 164 Å². The second-order valence-electron chi connectivity index (χ2n) is 6.03. The average Bonchev–Trinajstić information content (AvgIpc) is 2.64. The van der Waals surface area contributed by atoms with Crippen molar-refractivity contribution in [1.82, 2.24) is 4.31 Å². The quantitative estimate of drug-likeness (QED) is 0.487. The summed E-state index contributed by atoms with van der Waals surface area (Å²) in [6.45, 7) is 0.799. The lowest BCUT2D eigenvalue weighted by Gasteiger charge is -2.25. The Kier molecular flexibility index (Phi) is 5.78. The summed E-state index contributed by atoms with van der Waals surface area (Å²) in [5, 5.41) is 11.5. The van der Waals surface area contributed by atoms with Crippen LogP contribution in [-0.4, -0.2) is 30.7 Å². The minimum atomic E-state index is -3.81. The first-order valence-electron chi connectivity index (χ1n) is 8.20. The Morgan fingerprint density at radius 3 is 2.37 bits per heavy atom. The Balaban J connectivity index is 1.96. The van der Waals surface area contributed by atoms with E-state index in [4.69, 9.17) is 4.74 Å². The summed E-state index contributed by atoms with van der Waals surface area (Å²) in [6, 6.07) is 7.16. The van der Waals surface area contributed by atoms with Crippen LogP contribution in [0.1, 0.15) is 19.3 Å². The van der Waals surface area contributed by atoms with Gasteiger partial charge in [-0.1, -0.05) is 6.42 Å². The SMILES string of the molecule is O=[N+]([O-])c1cc(S(=O)(=O)N2CCCCC2)ccc1Oc1ccc(F)cc1Br. The molecule has 1 fully saturated rings. The van der Waals surface area contributed by atoms with Crippen LogP contribution in [-0.2, 0) is 10.0 Å². The van der Waals surface area contributed by atoms with Gasteiger partial charge in [0.15, 0.2) is 0 Å². The molecule has 0 unspecified atom stereocenters. The molecule has 0 aliphatic carbocycles. The van der Waals surface area contributed by atoms with Crippen molar-refractivity contribution in [2.24, 2.45) is 0 Å². The van der Waals surface area contributed by atoms with E-state index in [1.54, 1.807) is 0 Å². The number of nitro groups is 1. The van der Waals surface area contributed by atoms with Crippen LogP contribution in [0.25, 0.3) is 0 Å². The number of hydrogen-bond acceptors (Lipinski definition) is 5. The second kappa shape index (κ2) is 7.91. The van der Waals surface area contributed by atoms with Crippen molar-refractivity contribution in [3.05, 3.63) is 56.8 Å². The molecule has 2 aromatic carbocycles. The van der Waals surface area contributed by atoms with Crippen LogP contribution < -0.4 is 4.74 Å². The van der Waals surface area contributed by atoms with Crippen molar-refractivity contribution in [3.63, 3.8) is 0 Å². The maximum absolute atomic E-state index is 13.2. The highest BCUT2D eigenvalue weighted by atomic mass is 79.9. The molecular formula is C17H16BrFN2O5S. The fourth-order valence-corrected chi connectivity index (χ4v) is 4.79. The molecule has 3 rings (SSSR count). The van der Waals surface area contributed by atoms with Gasteiger partial charge in [-0.2, -0.15) is 4.31 Å². The molecule has 1 aliphatic rings. The third-order valence-corrected chi connectivity index (χ3v) is 6.71. The fraction of sp³-hybridized carbons (Fsp3) is 0.294. The molecule has 1 aliphatic heterocycles. The second-order valence-corrected chi connectivity index (χ2v) is 8.82. The molecule has 0 aromatic heterocycles. The monoisotopic (exact) mass is 458 g/mol. The molecule has 0 bridgehead atoms. The summed E-state index contributed by atoms with van der Waals surface area (Å²) < 4.78 is 45.8. The summed E-state index contributed by atoms with van der Waals surface area (Å²) >= 11 is 3.13. The zero-order valence-corrected chi connectivity index (χ0v) is 16.5. The van der Waals surface area contributed by atoms with E-state index in [1.165, 1.54) is 22.5 Å². The molecule has 0 atom stereocenters. The topological polar surface area (TPSA) is 89.8 Å². The molecule has 0 amide bonds. The van der Waals surface area contributed by atoms with Gasteiger partial charge in [0.1, 0.15) is 11.6 Å². The van der Waals surface area contributed by atoms with E-state index in [9.17, 15) is 22.9 Å². The van der Waals surface area contributed by atoms with Crippen molar-refractivity contribution < 1.29 is 22.5 Å². The fourth-order valence-electron chi connectivity index (χ4n) is 2.82. The summed E-state index contributed by atoms with van der Waals surface area (Å²) in [4.78, 5) is 10.6. The van der Waals surface area contributed by atoms with Gasteiger partial charge in [-0.25, -0.2) is 12.8 Å². The van der Waals surface area contributed by atoms with Gasteiger partial charge in [-0.3, -0.25) is 10.1 Å². The van der Waals surface area contributed by atoms with Crippen LogP contribution >= 0.6 is 15.9 Å². The number of benzene rings is 2. The van der Waals surface area contributed by atoms with E-state index >= 15 is 0 Å². The average molecular weight is 459 g/mol. The molecule has 0 saturated carbocycles. The number of ether oxygens (including phenoxy) is 1. The Hall–Kier alpha value is -2.04. The van der Waals surface area contributed by atoms with E-state index in [-0.39, 0.29) is 20.9 Å². The van der Waals surface area contributed by atoms with Gasteiger partial charge in [-0.15, -0.1) is 0 Å². The lowest BCUT2D eigenvalue weighted by atomic mass is 10.2. The van der Waals surface area contributed by atoms with Crippen LogP contribution in [0.5, 0.6) is 11.5 Å². The number of sulfonamides is 1. The normalized spacial score (nSPS) is 15.5. The Morgan fingerprint density at radius 1 is 1.07 bits per heavy atom. The molecule has 1 heterocycles. The minimum absolute atomic E-state index is 0.134. The minimum Gasteiger partial charge on any atom is -0.449 e. The zero-order valence-electron chi connectivity index (χ0n) is 14.1. The summed E-state index contributed by atoms with van der Waals surface area (Å²) in [5.41, 5.74) is -0.482. The van der Waals surface area contributed by atoms with Crippen LogP contribution in [0.2, 0.25) is 0 Å². The molecule has 0 spiro atoms. The van der Waals surface area contributed by atoms with Gasteiger partial charge < -0.3 is 4.74 Å². The summed E-state index contributed by atoms with van der Waals surface area (Å²) in [5.74, 6) is -0.456. The van der Waals surface area contributed by atoms with Gasteiger partial charge in [0.2, 0.25) is 15.8 Å². The highest BCUT2D eigenvalue weighted by molar-refractivity contribution is 9.10. The van der Waals surface area contributed by atoms with Gasteiger partial charge in [0.05, 0.1) is 14.3 Å². The zero-order chi connectivity index (χ0) is 19.6. The van der Waals surface area contributed by atoms with Crippen LogP contribution in [0.4, 0.5) is 10.1 Å². The van der Waals surface area contributed by atoms with Crippen LogP contribution in [0, 0.1) is 15.9 Å². The van der Waals surface area contributed by atoms with Crippen LogP contribution in [0.3, 0.4) is 0 Å². The highest BCUT2D eigenvalue weighted by Crippen LogP contribution is 2.37. The number of piperidine rings is 1. The van der Waals surface area contributed by atoms with E-state index in [2.05, 4.69) is 15.9 Å². The van der Waals surface area contributed by atoms with Crippen molar-refractivity contribution >= 4 is 31.6 Å². The van der Waals surface area contributed by atoms with E-state index in [0.29, 0.717) is 13.1 Å². The molecule has 1 saturated heterocycles. The molecule has 27 heavy (non-hydrogen) atoms. The van der Waals surface area contributed by atoms with Crippen molar-refractivity contribution in [2.75, 3.05) is 13.1 Å². The number of rotatable bonds is 5. The molecule has 0 N–H and O–H groups in total. The molecule has 144 valence electrons. The van der Waals surface area contributed by atoms with Crippen molar-refractivity contribution in [1.29, 1.82) is 0 Å². The highest BCUT2D eigenvalue weighted by Gasteiger charge is 2.29. The third kappa shape index (κ3) is 4.28. The van der Waals surface area contributed by atoms with E-state index in [0.717, 1.165) is 37.5 Å². The first-order chi connectivity index (χ1) is 12.8. The molecule has 2 aromatic rings. The smallest absolute Gasteiger partial charge is 0.312 e. The Bertz CT molecular complexity index is 977. The van der Waals surface area contributed by atoms with Crippen molar-refractivity contribution in [3.8, 4) is 11.5 Å². The van der Waals surface area contributed by atoms with Gasteiger partial charge in [-0.05, 0) is 59.1 Å². The molecule has 0 radical (unpaired) electrons.